The quantitative estimate of drug-likeness (QED) is 0.619. The highest BCUT2D eigenvalue weighted by Gasteiger charge is 2.12. The van der Waals surface area contributed by atoms with Gasteiger partial charge >= 0.3 is 0 Å². The fraction of sp³-hybridized carbons (Fsp3) is 0.200. The van der Waals surface area contributed by atoms with Crippen molar-refractivity contribution < 1.29 is 13.2 Å². The van der Waals surface area contributed by atoms with E-state index in [0.29, 0.717) is 5.69 Å². The van der Waals surface area contributed by atoms with Crippen LogP contribution in [0.25, 0.3) is 0 Å². The van der Waals surface area contributed by atoms with E-state index in [2.05, 4.69) is 22.2 Å². The molecule has 2 N–H and O–H groups in total. The van der Waals surface area contributed by atoms with Crippen molar-refractivity contribution in [1.29, 1.82) is 0 Å². The Bertz CT molecular complexity index is 809. The number of benzene rings is 1. The van der Waals surface area contributed by atoms with E-state index in [4.69, 9.17) is 0 Å². The predicted octanol–water partition coefficient (Wildman–Crippen LogP) is 2.58. The Kier molecular flexibility index (Phi) is 5.51. The number of nitrogens with zero attached hydrogens (tertiary/aromatic N) is 1. The Morgan fingerprint density at radius 3 is 2.48 bits per heavy atom. The maximum atomic E-state index is 12.1. The van der Waals surface area contributed by atoms with E-state index in [9.17, 15) is 13.2 Å². The number of nitrogens with one attached hydrogen (secondary N) is 2. The minimum Gasteiger partial charge on any atom is -0.326 e. The number of amides is 1. The van der Waals surface area contributed by atoms with Gasteiger partial charge in [0, 0.05) is 22.4 Å². The number of hydrogen-bond acceptors (Lipinski definition) is 5. The average Bonchev–Trinajstić information content (AvgIpc) is 2.95. The van der Waals surface area contributed by atoms with Gasteiger partial charge in [0.2, 0.25) is 5.91 Å². The number of anilines is 1. The number of rotatable bonds is 6. The third-order valence-electron chi connectivity index (χ3n) is 2.88. The zero-order valence-corrected chi connectivity index (χ0v) is 14.4. The summed E-state index contributed by atoms with van der Waals surface area (Å²) in [6.45, 7) is 3.44. The van der Waals surface area contributed by atoms with Crippen LogP contribution in [-0.4, -0.2) is 20.5 Å². The molecule has 1 heterocycles. The Morgan fingerprint density at radius 1 is 1.22 bits per heavy atom. The molecule has 122 valence electrons. The van der Waals surface area contributed by atoms with E-state index in [-0.39, 0.29) is 10.8 Å². The van der Waals surface area contributed by atoms with Crippen molar-refractivity contribution in [2.45, 2.75) is 25.2 Å². The number of hydrogen-bond donors (Lipinski definition) is 2. The maximum Gasteiger partial charge on any atom is 0.276 e. The molecule has 0 fully saturated rings. The van der Waals surface area contributed by atoms with Crippen molar-refractivity contribution in [1.82, 2.24) is 4.83 Å². The molecular formula is C15H17N3O3S2. The van der Waals surface area contributed by atoms with Crippen LogP contribution < -0.4 is 10.1 Å². The number of aryl methyl sites for hydroxylation is 1. The summed E-state index contributed by atoms with van der Waals surface area (Å²) in [4.78, 5) is 15.3. The van der Waals surface area contributed by atoms with E-state index in [1.165, 1.54) is 42.3 Å². The van der Waals surface area contributed by atoms with Gasteiger partial charge in [-0.2, -0.15) is 13.5 Å². The molecule has 2 rings (SSSR count). The molecule has 0 spiro atoms. The molecule has 1 amide bonds. The zero-order chi connectivity index (χ0) is 16.9. The summed E-state index contributed by atoms with van der Waals surface area (Å²) < 4.78 is 24.2. The van der Waals surface area contributed by atoms with Crippen LogP contribution >= 0.6 is 11.3 Å². The van der Waals surface area contributed by atoms with Crippen molar-refractivity contribution in [3.8, 4) is 0 Å². The molecule has 0 bridgehead atoms. The van der Waals surface area contributed by atoms with Gasteiger partial charge in [0.15, 0.2) is 0 Å². The van der Waals surface area contributed by atoms with Crippen LogP contribution in [0.2, 0.25) is 0 Å². The first kappa shape index (κ1) is 17.2. The Morgan fingerprint density at radius 2 is 1.91 bits per heavy atom. The van der Waals surface area contributed by atoms with Crippen molar-refractivity contribution >= 4 is 39.2 Å². The molecule has 23 heavy (non-hydrogen) atoms. The summed E-state index contributed by atoms with van der Waals surface area (Å²) in [5, 5.41) is 6.36. The van der Waals surface area contributed by atoms with Crippen molar-refractivity contribution in [3.05, 3.63) is 46.2 Å². The smallest absolute Gasteiger partial charge is 0.276 e. The van der Waals surface area contributed by atoms with E-state index in [1.54, 1.807) is 11.3 Å². The molecule has 0 aliphatic heterocycles. The highest BCUT2D eigenvalue weighted by Crippen LogP contribution is 2.16. The van der Waals surface area contributed by atoms with Gasteiger partial charge in [-0.15, -0.1) is 11.3 Å². The van der Waals surface area contributed by atoms with Gasteiger partial charge in [0.05, 0.1) is 11.1 Å². The number of carbonyl (C=O) groups excluding carboxylic acids is 1. The molecule has 2 aromatic rings. The third kappa shape index (κ3) is 4.90. The fourth-order valence-corrected chi connectivity index (χ4v) is 3.40. The van der Waals surface area contributed by atoms with Gasteiger partial charge in [0.25, 0.3) is 10.0 Å². The lowest BCUT2D eigenvalue weighted by atomic mass is 10.3. The molecule has 0 aliphatic carbocycles. The second-order valence-electron chi connectivity index (χ2n) is 4.72. The van der Waals surface area contributed by atoms with Gasteiger partial charge in [-0.3, -0.25) is 4.79 Å². The molecule has 0 saturated heterocycles. The first-order valence-corrected chi connectivity index (χ1v) is 9.22. The molecule has 0 radical (unpaired) electrons. The largest absolute Gasteiger partial charge is 0.326 e. The number of thiophene rings is 1. The van der Waals surface area contributed by atoms with Crippen molar-refractivity contribution in [2.24, 2.45) is 5.10 Å². The van der Waals surface area contributed by atoms with Crippen LogP contribution in [0.1, 0.15) is 23.6 Å². The molecule has 0 atom stereocenters. The summed E-state index contributed by atoms with van der Waals surface area (Å²) in [6, 6.07) is 9.73. The van der Waals surface area contributed by atoms with Gasteiger partial charge in [-0.05, 0) is 42.8 Å². The van der Waals surface area contributed by atoms with Crippen LogP contribution in [-0.2, 0) is 21.2 Å². The van der Waals surface area contributed by atoms with Gasteiger partial charge < -0.3 is 5.32 Å². The van der Waals surface area contributed by atoms with E-state index in [0.717, 1.165) is 11.3 Å². The monoisotopic (exact) mass is 351 g/mol. The molecule has 8 heteroatoms. The number of hydrazone groups is 1. The molecule has 6 nitrogen and oxygen atoms in total. The topological polar surface area (TPSA) is 87.6 Å². The molecule has 0 saturated carbocycles. The number of sulfonamides is 1. The number of carbonyl (C=O) groups is 1. The zero-order valence-electron chi connectivity index (χ0n) is 12.7. The highest BCUT2D eigenvalue weighted by atomic mass is 32.2. The summed E-state index contributed by atoms with van der Waals surface area (Å²) in [7, 11) is -3.73. The maximum absolute atomic E-state index is 12.1. The first-order valence-electron chi connectivity index (χ1n) is 6.92. The molecule has 0 aliphatic rings. The normalized spacial score (nSPS) is 11.6. The lowest BCUT2D eigenvalue weighted by Crippen LogP contribution is -2.18. The first-order chi connectivity index (χ1) is 10.9. The summed E-state index contributed by atoms with van der Waals surface area (Å²) in [6.07, 6.45) is 2.41. The van der Waals surface area contributed by atoms with E-state index in [1.807, 2.05) is 12.1 Å². The predicted molar refractivity (Wildman–Crippen MR) is 92.4 cm³/mol. The van der Waals surface area contributed by atoms with Crippen LogP contribution in [0.3, 0.4) is 0 Å². The second kappa shape index (κ2) is 7.38. The van der Waals surface area contributed by atoms with Crippen molar-refractivity contribution in [3.63, 3.8) is 0 Å². The van der Waals surface area contributed by atoms with Crippen molar-refractivity contribution in [2.75, 3.05) is 5.32 Å². The molecule has 1 aromatic carbocycles. The second-order valence-corrected chi connectivity index (χ2v) is 7.58. The SMILES string of the molecule is CCc1ccc(/C=N\NS(=O)(=O)c2ccc(NC(C)=O)cc2)s1. The van der Waals surface area contributed by atoms with E-state index >= 15 is 0 Å². The summed E-state index contributed by atoms with van der Waals surface area (Å²) >= 11 is 1.56. The lowest BCUT2D eigenvalue weighted by molar-refractivity contribution is -0.114. The minimum atomic E-state index is -3.73. The molecule has 0 unspecified atom stereocenters. The highest BCUT2D eigenvalue weighted by molar-refractivity contribution is 7.89. The Hall–Kier alpha value is -2.19. The van der Waals surface area contributed by atoms with Gasteiger partial charge in [0.1, 0.15) is 0 Å². The minimum absolute atomic E-state index is 0.0733. The summed E-state index contributed by atoms with van der Waals surface area (Å²) in [5.74, 6) is -0.217. The Labute approximate surface area is 139 Å². The fourth-order valence-electron chi connectivity index (χ4n) is 1.79. The summed E-state index contributed by atoms with van der Waals surface area (Å²) in [5.41, 5.74) is 0.533. The van der Waals surface area contributed by atoms with Crippen LogP contribution in [0.4, 0.5) is 5.69 Å². The average molecular weight is 351 g/mol. The Balaban J connectivity index is 2.04. The van der Waals surface area contributed by atoms with E-state index < -0.39 is 10.0 Å². The molecule has 1 aromatic heterocycles. The van der Waals surface area contributed by atoms with Crippen LogP contribution in [0.5, 0.6) is 0 Å². The lowest BCUT2D eigenvalue weighted by Gasteiger charge is -2.05. The molecular weight excluding hydrogens is 334 g/mol. The van der Waals surface area contributed by atoms with Gasteiger partial charge in [-0.25, -0.2) is 4.83 Å². The standard InChI is InChI=1S/C15H17N3O3S2/c1-3-13-6-7-14(22-13)10-16-18-23(20,21)15-8-4-12(5-9-15)17-11(2)19/h4-10,18H,3H2,1-2H3,(H,17,19)/b16-10-. The van der Waals surface area contributed by atoms with Crippen LogP contribution in [0.15, 0.2) is 46.4 Å². The third-order valence-corrected chi connectivity index (χ3v) is 5.28. The van der Waals surface area contributed by atoms with Gasteiger partial charge in [-0.1, -0.05) is 6.92 Å². The van der Waals surface area contributed by atoms with Crippen LogP contribution in [0, 0.1) is 0 Å².